The Kier molecular flexibility index (Phi) is 5.71. The summed E-state index contributed by atoms with van der Waals surface area (Å²) >= 11 is 6.23. The summed E-state index contributed by atoms with van der Waals surface area (Å²) in [5, 5.41) is 0.678. The van der Waals surface area contributed by atoms with Crippen molar-refractivity contribution in [2.24, 2.45) is 0 Å². The fourth-order valence-electron chi connectivity index (χ4n) is 3.92. The second-order valence-corrected chi connectivity index (χ2v) is 8.30. The molecule has 0 unspecified atom stereocenters. The summed E-state index contributed by atoms with van der Waals surface area (Å²) in [6.07, 6.45) is 7.85. The van der Waals surface area contributed by atoms with E-state index in [0.717, 1.165) is 46.1 Å². The molecule has 0 fully saturated rings. The lowest BCUT2D eigenvalue weighted by Gasteiger charge is -2.10. The molecule has 5 nitrogen and oxygen atoms in total. The number of benzene rings is 3. The number of nitrogens with zero attached hydrogens (tertiary/aromatic N) is 4. The molecule has 0 radical (unpaired) electrons. The van der Waals surface area contributed by atoms with E-state index < -0.39 is 0 Å². The molecule has 3 aromatic carbocycles. The summed E-state index contributed by atoms with van der Waals surface area (Å²) in [5.41, 5.74) is 6.05. The van der Waals surface area contributed by atoms with Gasteiger partial charge in [-0.05, 0) is 54.5 Å². The predicted octanol–water partition coefficient (Wildman–Crippen LogP) is 6.41. The van der Waals surface area contributed by atoms with Crippen LogP contribution in [0, 0.1) is 6.92 Å². The smallest absolute Gasteiger partial charge is 0.143 e. The number of ether oxygens (including phenoxy) is 1. The molecule has 6 heteroatoms. The van der Waals surface area contributed by atoms with Gasteiger partial charge in [-0.3, -0.25) is 0 Å². The highest BCUT2D eigenvalue weighted by Crippen LogP contribution is 2.27. The quantitative estimate of drug-likeness (QED) is 0.297. The molecular formula is C27H23ClN4O. The molecule has 5 aromatic rings. The van der Waals surface area contributed by atoms with E-state index >= 15 is 0 Å². The molecule has 2 aromatic heterocycles. The fourth-order valence-corrected chi connectivity index (χ4v) is 4.08. The topological polar surface area (TPSA) is 44.9 Å². The van der Waals surface area contributed by atoms with E-state index in [2.05, 4.69) is 46.0 Å². The van der Waals surface area contributed by atoms with Crippen LogP contribution in [-0.4, -0.2) is 26.2 Å². The second-order valence-electron chi connectivity index (χ2n) is 7.86. The van der Waals surface area contributed by atoms with E-state index in [1.807, 2.05) is 60.2 Å². The zero-order chi connectivity index (χ0) is 22.8. The highest BCUT2D eigenvalue weighted by atomic mass is 35.5. The van der Waals surface area contributed by atoms with Crippen LogP contribution in [0.2, 0.25) is 5.02 Å². The third-order valence-electron chi connectivity index (χ3n) is 5.54. The molecule has 2 heterocycles. The average molecular weight is 455 g/mol. The minimum absolute atomic E-state index is 0.678. The summed E-state index contributed by atoms with van der Waals surface area (Å²) in [7, 11) is 1.68. The Morgan fingerprint density at radius 1 is 1.00 bits per heavy atom. The van der Waals surface area contributed by atoms with Crippen molar-refractivity contribution in [3.8, 4) is 11.4 Å². The highest BCUT2D eigenvalue weighted by Gasteiger charge is 2.11. The predicted molar refractivity (Wildman–Crippen MR) is 134 cm³/mol. The molecular weight excluding hydrogens is 432 g/mol. The van der Waals surface area contributed by atoms with Crippen LogP contribution in [-0.2, 0) is 6.54 Å². The zero-order valence-electron chi connectivity index (χ0n) is 18.4. The molecule has 0 spiro atoms. The molecule has 0 aliphatic carbocycles. The maximum atomic E-state index is 6.23. The number of halogens is 1. The number of fused-ring (bicyclic) bond motifs is 1. The molecule has 0 aliphatic rings. The summed E-state index contributed by atoms with van der Waals surface area (Å²) in [6, 6.07) is 22.3. The maximum absolute atomic E-state index is 6.23. The van der Waals surface area contributed by atoms with Crippen LogP contribution in [0.4, 0.5) is 0 Å². The van der Waals surface area contributed by atoms with Crippen molar-refractivity contribution in [2.75, 3.05) is 7.11 Å². The van der Waals surface area contributed by atoms with Gasteiger partial charge in [0.25, 0.3) is 0 Å². The van der Waals surface area contributed by atoms with Crippen LogP contribution in [0.25, 0.3) is 28.9 Å². The van der Waals surface area contributed by atoms with Crippen molar-refractivity contribution in [3.63, 3.8) is 0 Å². The number of imidazole rings is 2. The Labute approximate surface area is 197 Å². The van der Waals surface area contributed by atoms with E-state index in [1.165, 1.54) is 5.56 Å². The van der Waals surface area contributed by atoms with Gasteiger partial charge in [-0.25, -0.2) is 9.97 Å². The van der Waals surface area contributed by atoms with Gasteiger partial charge in [0.2, 0.25) is 0 Å². The van der Waals surface area contributed by atoms with Crippen LogP contribution in [0.3, 0.4) is 0 Å². The molecule has 0 atom stereocenters. The molecule has 33 heavy (non-hydrogen) atoms. The van der Waals surface area contributed by atoms with Crippen LogP contribution < -0.4 is 4.74 Å². The van der Waals surface area contributed by atoms with Gasteiger partial charge in [0.15, 0.2) is 0 Å². The SMILES string of the molecule is COc1cc(/C=C/c2nc3cc(Cl)ccc3n2Cc2ccccc2)ccc1-n1cnc(C)c1. The van der Waals surface area contributed by atoms with Crippen LogP contribution in [0.5, 0.6) is 5.75 Å². The van der Waals surface area contributed by atoms with Crippen LogP contribution >= 0.6 is 11.6 Å². The summed E-state index contributed by atoms with van der Waals surface area (Å²) < 4.78 is 9.82. The molecule has 0 amide bonds. The molecule has 5 rings (SSSR count). The molecule has 164 valence electrons. The number of hydrogen-bond donors (Lipinski definition) is 0. The Hall–Kier alpha value is -3.83. The fraction of sp³-hybridized carbons (Fsp3) is 0.111. The Bertz CT molecular complexity index is 1450. The van der Waals surface area contributed by atoms with Crippen molar-refractivity contribution in [3.05, 3.63) is 107 Å². The van der Waals surface area contributed by atoms with Crippen molar-refractivity contribution >= 4 is 34.8 Å². The Morgan fingerprint density at radius 2 is 1.85 bits per heavy atom. The number of aryl methyl sites for hydroxylation is 1. The first-order valence-electron chi connectivity index (χ1n) is 10.7. The zero-order valence-corrected chi connectivity index (χ0v) is 19.2. The van der Waals surface area contributed by atoms with Gasteiger partial charge in [0.05, 0.1) is 35.9 Å². The first-order chi connectivity index (χ1) is 16.1. The van der Waals surface area contributed by atoms with Crippen molar-refractivity contribution in [1.82, 2.24) is 19.1 Å². The molecule has 0 saturated carbocycles. The van der Waals surface area contributed by atoms with E-state index in [1.54, 1.807) is 13.4 Å². The van der Waals surface area contributed by atoms with Crippen molar-refractivity contribution < 1.29 is 4.74 Å². The van der Waals surface area contributed by atoms with Gasteiger partial charge in [-0.1, -0.05) is 54.1 Å². The molecule has 0 N–H and O–H groups in total. The third kappa shape index (κ3) is 4.41. The van der Waals surface area contributed by atoms with E-state index in [0.29, 0.717) is 5.02 Å². The highest BCUT2D eigenvalue weighted by molar-refractivity contribution is 6.31. The second kappa shape index (κ2) is 8.96. The standard InChI is InChI=1S/C27H23ClN4O/c1-19-16-31(18-29-19)25-11-8-20(14-26(25)33-2)9-13-27-30-23-15-22(28)10-12-24(23)32(27)17-21-6-4-3-5-7-21/h3-16,18H,17H2,1-2H3/b13-9+. The van der Waals surface area contributed by atoms with Gasteiger partial charge < -0.3 is 13.9 Å². The first kappa shape index (κ1) is 21.0. The van der Waals surface area contributed by atoms with E-state index in [-0.39, 0.29) is 0 Å². The summed E-state index contributed by atoms with van der Waals surface area (Å²) in [4.78, 5) is 9.15. The van der Waals surface area contributed by atoms with Gasteiger partial charge in [-0.15, -0.1) is 0 Å². The normalized spacial score (nSPS) is 11.5. The first-order valence-corrected chi connectivity index (χ1v) is 11.1. The van der Waals surface area contributed by atoms with Gasteiger partial charge in [0, 0.05) is 17.8 Å². The largest absolute Gasteiger partial charge is 0.495 e. The molecule has 0 bridgehead atoms. The number of methoxy groups -OCH3 is 1. The minimum atomic E-state index is 0.678. The van der Waals surface area contributed by atoms with Crippen molar-refractivity contribution in [2.45, 2.75) is 13.5 Å². The van der Waals surface area contributed by atoms with E-state index in [4.69, 9.17) is 21.3 Å². The third-order valence-corrected chi connectivity index (χ3v) is 5.78. The lowest BCUT2D eigenvalue weighted by atomic mass is 10.1. The number of hydrogen-bond acceptors (Lipinski definition) is 3. The van der Waals surface area contributed by atoms with Crippen molar-refractivity contribution in [1.29, 1.82) is 0 Å². The lowest BCUT2D eigenvalue weighted by Crippen LogP contribution is -2.02. The number of rotatable bonds is 6. The maximum Gasteiger partial charge on any atom is 0.143 e. The van der Waals surface area contributed by atoms with Crippen LogP contribution in [0.15, 0.2) is 79.3 Å². The lowest BCUT2D eigenvalue weighted by molar-refractivity contribution is 0.413. The monoisotopic (exact) mass is 454 g/mol. The Morgan fingerprint density at radius 3 is 2.61 bits per heavy atom. The minimum Gasteiger partial charge on any atom is -0.495 e. The molecule has 0 saturated heterocycles. The van der Waals surface area contributed by atoms with Gasteiger partial charge >= 0.3 is 0 Å². The van der Waals surface area contributed by atoms with Crippen LogP contribution in [0.1, 0.15) is 22.6 Å². The van der Waals surface area contributed by atoms with Gasteiger partial charge in [-0.2, -0.15) is 0 Å². The Balaban J connectivity index is 1.52. The van der Waals surface area contributed by atoms with Gasteiger partial charge in [0.1, 0.15) is 11.6 Å². The summed E-state index contributed by atoms with van der Waals surface area (Å²) in [5.74, 6) is 1.64. The van der Waals surface area contributed by atoms with E-state index in [9.17, 15) is 0 Å². The average Bonchev–Trinajstić information content (AvgIpc) is 3.41. The molecule has 0 aliphatic heterocycles. The number of aromatic nitrogens is 4. The summed E-state index contributed by atoms with van der Waals surface area (Å²) in [6.45, 7) is 2.69.